The van der Waals surface area contributed by atoms with Crippen molar-refractivity contribution in [1.29, 1.82) is 0 Å². The first-order valence-corrected chi connectivity index (χ1v) is 3.78. The van der Waals surface area contributed by atoms with Gasteiger partial charge in [0.15, 0.2) is 0 Å². The van der Waals surface area contributed by atoms with Crippen molar-refractivity contribution in [3.8, 4) is 0 Å². The summed E-state index contributed by atoms with van der Waals surface area (Å²) in [5.41, 5.74) is 5.41. The molecule has 1 aromatic heterocycles. The molecule has 0 unspecified atom stereocenters. The molecule has 5 nitrogen and oxygen atoms in total. The van der Waals surface area contributed by atoms with Crippen molar-refractivity contribution in [3.05, 3.63) is 6.33 Å². The molecule has 1 heterocycles. The van der Waals surface area contributed by atoms with Crippen LogP contribution in [-0.2, 0) is 0 Å². The lowest BCUT2D eigenvalue weighted by Crippen LogP contribution is -2.27. The van der Waals surface area contributed by atoms with Crippen LogP contribution in [0.15, 0.2) is 6.33 Å². The van der Waals surface area contributed by atoms with Crippen LogP contribution in [0.3, 0.4) is 0 Å². The van der Waals surface area contributed by atoms with E-state index in [4.69, 9.17) is 5.73 Å². The Kier molecular flexibility index (Phi) is 2.42. The molecular formula is C7H13N5. The lowest BCUT2D eigenvalue weighted by Gasteiger charge is -2.20. The fourth-order valence-corrected chi connectivity index (χ4v) is 0.701. The first-order chi connectivity index (χ1) is 5.61. The second-order valence-corrected chi connectivity index (χ2v) is 2.85. The zero-order valence-electron chi connectivity index (χ0n) is 7.52. The Bertz CT molecular complexity index is 260. The van der Waals surface area contributed by atoms with Crippen molar-refractivity contribution in [2.45, 2.75) is 19.9 Å². The van der Waals surface area contributed by atoms with E-state index in [-0.39, 0.29) is 5.95 Å². The van der Waals surface area contributed by atoms with Crippen LogP contribution in [0.2, 0.25) is 0 Å². The summed E-state index contributed by atoms with van der Waals surface area (Å²) < 4.78 is 0. The largest absolute Gasteiger partial charge is 0.368 e. The Morgan fingerprint density at radius 2 is 2.08 bits per heavy atom. The standard InChI is InChI=1S/C7H13N5/c1-5(2)12(3)7-10-4-9-6(8)11-7/h4-5H,1-3H3,(H2,8,9,10,11). The van der Waals surface area contributed by atoms with Crippen LogP contribution in [0, 0.1) is 0 Å². The molecule has 1 aromatic rings. The number of hydrogen-bond acceptors (Lipinski definition) is 5. The minimum Gasteiger partial charge on any atom is -0.368 e. The fourth-order valence-electron chi connectivity index (χ4n) is 0.701. The van der Waals surface area contributed by atoms with Crippen molar-refractivity contribution >= 4 is 11.9 Å². The SMILES string of the molecule is CC(C)N(C)c1ncnc(N)n1. The molecule has 0 amide bonds. The van der Waals surface area contributed by atoms with Crippen LogP contribution in [0.25, 0.3) is 0 Å². The molecule has 0 atom stereocenters. The second kappa shape index (κ2) is 3.34. The van der Waals surface area contributed by atoms with Crippen molar-refractivity contribution in [2.24, 2.45) is 0 Å². The molecule has 12 heavy (non-hydrogen) atoms. The third-order valence-electron chi connectivity index (χ3n) is 1.67. The second-order valence-electron chi connectivity index (χ2n) is 2.85. The van der Waals surface area contributed by atoms with Gasteiger partial charge in [0.2, 0.25) is 11.9 Å². The molecule has 0 fully saturated rings. The van der Waals surface area contributed by atoms with E-state index in [9.17, 15) is 0 Å². The van der Waals surface area contributed by atoms with Crippen LogP contribution in [0.5, 0.6) is 0 Å². The monoisotopic (exact) mass is 167 g/mol. The number of hydrogen-bond donors (Lipinski definition) is 1. The maximum absolute atomic E-state index is 5.41. The molecule has 0 aliphatic heterocycles. The third-order valence-corrected chi connectivity index (χ3v) is 1.67. The lowest BCUT2D eigenvalue weighted by molar-refractivity contribution is 0.726. The molecule has 1 rings (SSSR count). The zero-order chi connectivity index (χ0) is 9.14. The summed E-state index contributed by atoms with van der Waals surface area (Å²) in [6.45, 7) is 4.11. The summed E-state index contributed by atoms with van der Waals surface area (Å²) in [6.07, 6.45) is 1.41. The van der Waals surface area contributed by atoms with Gasteiger partial charge in [0.25, 0.3) is 0 Å². The highest BCUT2D eigenvalue weighted by Gasteiger charge is 2.07. The van der Waals surface area contributed by atoms with E-state index < -0.39 is 0 Å². The molecule has 0 radical (unpaired) electrons. The van der Waals surface area contributed by atoms with E-state index in [0.717, 1.165) is 0 Å². The number of nitrogens with two attached hydrogens (primary N) is 1. The summed E-state index contributed by atoms with van der Waals surface area (Å²) in [5.74, 6) is 0.866. The van der Waals surface area contributed by atoms with E-state index in [1.165, 1.54) is 6.33 Å². The van der Waals surface area contributed by atoms with Crippen LogP contribution in [0.1, 0.15) is 13.8 Å². The highest BCUT2D eigenvalue weighted by molar-refractivity contribution is 5.32. The quantitative estimate of drug-likeness (QED) is 0.686. The summed E-state index contributed by atoms with van der Waals surface area (Å²) >= 11 is 0. The zero-order valence-corrected chi connectivity index (χ0v) is 7.52. The fraction of sp³-hybridized carbons (Fsp3) is 0.571. The predicted molar refractivity (Wildman–Crippen MR) is 47.8 cm³/mol. The van der Waals surface area contributed by atoms with Crippen molar-refractivity contribution in [1.82, 2.24) is 15.0 Å². The number of rotatable bonds is 2. The lowest BCUT2D eigenvalue weighted by atomic mass is 10.4. The average Bonchev–Trinajstić information content (AvgIpc) is 2.03. The molecule has 5 heteroatoms. The van der Waals surface area contributed by atoms with E-state index in [1.54, 1.807) is 0 Å². The van der Waals surface area contributed by atoms with E-state index >= 15 is 0 Å². The van der Waals surface area contributed by atoms with Gasteiger partial charge < -0.3 is 10.6 Å². The van der Waals surface area contributed by atoms with Gasteiger partial charge >= 0.3 is 0 Å². The van der Waals surface area contributed by atoms with Gasteiger partial charge in [0, 0.05) is 13.1 Å². The summed E-state index contributed by atoms with van der Waals surface area (Å²) in [5, 5.41) is 0. The van der Waals surface area contributed by atoms with Gasteiger partial charge in [0.05, 0.1) is 0 Å². The number of nitrogens with zero attached hydrogens (tertiary/aromatic N) is 4. The molecule has 0 saturated heterocycles. The van der Waals surface area contributed by atoms with Gasteiger partial charge in [-0.25, -0.2) is 9.97 Å². The first-order valence-electron chi connectivity index (χ1n) is 3.78. The Balaban J connectivity index is 2.88. The summed E-state index contributed by atoms with van der Waals surface area (Å²) in [6, 6.07) is 0.354. The molecule has 0 aromatic carbocycles. The van der Waals surface area contributed by atoms with Crippen molar-refractivity contribution in [2.75, 3.05) is 17.7 Å². The van der Waals surface area contributed by atoms with Gasteiger partial charge in [-0.3, -0.25) is 0 Å². The van der Waals surface area contributed by atoms with Crippen LogP contribution < -0.4 is 10.6 Å². The smallest absolute Gasteiger partial charge is 0.230 e. The molecular weight excluding hydrogens is 154 g/mol. The van der Waals surface area contributed by atoms with Gasteiger partial charge in [-0.15, -0.1) is 0 Å². The minimum atomic E-state index is 0.257. The third kappa shape index (κ3) is 1.81. The molecule has 66 valence electrons. The molecule has 0 aliphatic carbocycles. The topological polar surface area (TPSA) is 67.9 Å². The minimum absolute atomic E-state index is 0.257. The van der Waals surface area contributed by atoms with Gasteiger partial charge in [-0.2, -0.15) is 4.98 Å². The number of aromatic nitrogens is 3. The normalized spacial score (nSPS) is 10.3. The highest BCUT2D eigenvalue weighted by Crippen LogP contribution is 2.07. The molecule has 0 bridgehead atoms. The van der Waals surface area contributed by atoms with Gasteiger partial charge in [-0.05, 0) is 13.8 Å². The summed E-state index contributed by atoms with van der Waals surface area (Å²) in [7, 11) is 1.92. The average molecular weight is 167 g/mol. The van der Waals surface area contributed by atoms with Crippen LogP contribution in [-0.4, -0.2) is 28.0 Å². The maximum atomic E-state index is 5.41. The number of anilines is 2. The van der Waals surface area contributed by atoms with Crippen molar-refractivity contribution in [3.63, 3.8) is 0 Å². The molecule has 0 saturated carbocycles. The Hall–Kier alpha value is -1.39. The van der Waals surface area contributed by atoms with Crippen molar-refractivity contribution < 1.29 is 0 Å². The predicted octanol–water partition coefficient (Wildman–Crippen LogP) is 0.298. The Labute approximate surface area is 71.6 Å². The van der Waals surface area contributed by atoms with Crippen LogP contribution in [0.4, 0.5) is 11.9 Å². The van der Waals surface area contributed by atoms with E-state index in [1.807, 2.05) is 11.9 Å². The number of nitrogen functional groups attached to an aromatic ring is 1. The van der Waals surface area contributed by atoms with E-state index in [2.05, 4.69) is 28.8 Å². The van der Waals surface area contributed by atoms with E-state index in [0.29, 0.717) is 12.0 Å². The van der Waals surface area contributed by atoms with Gasteiger partial charge in [0.1, 0.15) is 6.33 Å². The molecule has 0 aliphatic rings. The Morgan fingerprint density at radius 1 is 1.42 bits per heavy atom. The molecule has 0 spiro atoms. The summed E-state index contributed by atoms with van der Waals surface area (Å²) in [4.78, 5) is 13.6. The Morgan fingerprint density at radius 3 is 2.58 bits per heavy atom. The maximum Gasteiger partial charge on any atom is 0.230 e. The van der Waals surface area contributed by atoms with Gasteiger partial charge in [-0.1, -0.05) is 0 Å². The van der Waals surface area contributed by atoms with Crippen LogP contribution >= 0.6 is 0 Å². The molecule has 2 N–H and O–H groups in total. The highest BCUT2D eigenvalue weighted by atomic mass is 15.3. The first kappa shape index (κ1) is 8.70.